The molecule has 3 rings (SSSR count). The highest BCUT2D eigenvalue weighted by molar-refractivity contribution is 7.99. The van der Waals surface area contributed by atoms with Crippen LogP contribution in [0.5, 0.6) is 0 Å². The topological polar surface area (TPSA) is 52.7 Å². The van der Waals surface area contributed by atoms with Crippen LogP contribution in [0.3, 0.4) is 0 Å². The van der Waals surface area contributed by atoms with E-state index in [0.29, 0.717) is 25.1 Å². The first-order valence-corrected chi connectivity index (χ1v) is 11.8. The number of thioether (sulfide) groups is 1. The average molecular weight is 422 g/mol. The minimum absolute atomic E-state index is 0.128. The number of rotatable bonds is 5. The first-order chi connectivity index (χ1) is 14.0. The zero-order valence-corrected chi connectivity index (χ0v) is 18.3. The summed E-state index contributed by atoms with van der Waals surface area (Å²) in [5.41, 5.74) is 1.52. The summed E-state index contributed by atoms with van der Waals surface area (Å²) >= 11 is 1.88. The fraction of sp³-hybridized carbons (Fsp3) is 0.636. The van der Waals surface area contributed by atoms with E-state index in [-0.39, 0.29) is 29.7 Å². The summed E-state index contributed by atoms with van der Waals surface area (Å²) in [5, 5.41) is 3.00. The Bertz CT molecular complexity index is 724. The first kappa shape index (κ1) is 21.9. The van der Waals surface area contributed by atoms with Gasteiger partial charge in [-0.3, -0.25) is 4.79 Å². The number of nitrogens with zero attached hydrogens (tertiary/aromatic N) is 2. The summed E-state index contributed by atoms with van der Waals surface area (Å²) in [7, 11) is 0. The third-order valence-corrected chi connectivity index (χ3v) is 6.83. The smallest absolute Gasteiger partial charge is 0.317 e. The van der Waals surface area contributed by atoms with Crippen molar-refractivity contribution < 1.29 is 14.0 Å². The molecular formula is C22H32FN3O2S. The van der Waals surface area contributed by atoms with Crippen molar-refractivity contribution in [2.45, 2.75) is 45.6 Å². The number of amides is 3. The summed E-state index contributed by atoms with van der Waals surface area (Å²) in [6, 6.07) is 4.81. The van der Waals surface area contributed by atoms with Gasteiger partial charge in [-0.15, -0.1) is 0 Å². The monoisotopic (exact) mass is 421 g/mol. The van der Waals surface area contributed by atoms with Gasteiger partial charge < -0.3 is 15.1 Å². The average Bonchev–Trinajstić information content (AvgIpc) is 2.75. The molecule has 0 saturated carbocycles. The van der Waals surface area contributed by atoms with E-state index >= 15 is 0 Å². The summed E-state index contributed by atoms with van der Waals surface area (Å²) in [5.74, 6) is 1.74. The zero-order chi connectivity index (χ0) is 20.8. The SMILES string of the molecule is CCCCNC(=O)N1C[C@H](C(=O)N2CCSCC2)CC[C@@H]1c1ccc(F)c(C)c1. The van der Waals surface area contributed by atoms with Gasteiger partial charge in [0.25, 0.3) is 0 Å². The Balaban J connectivity index is 1.76. The Labute approximate surface area is 177 Å². The van der Waals surface area contributed by atoms with Crippen LogP contribution in [0.2, 0.25) is 0 Å². The van der Waals surface area contributed by atoms with Crippen LogP contribution in [0.4, 0.5) is 9.18 Å². The highest BCUT2D eigenvalue weighted by Gasteiger charge is 2.37. The molecule has 5 nitrogen and oxygen atoms in total. The van der Waals surface area contributed by atoms with Gasteiger partial charge in [-0.25, -0.2) is 9.18 Å². The highest BCUT2D eigenvalue weighted by Crippen LogP contribution is 2.35. The number of benzene rings is 1. The molecule has 0 radical (unpaired) electrons. The number of hydrogen-bond acceptors (Lipinski definition) is 3. The minimum Gasteiger partial charge on any atom is -0.341 e. The van der Waals surface area contributed by atoms with Crippen molar-refractivity contribution in [1.82, 2.24) is 15.1 Å². The molecule has 0 spiro atoms. The number of hydrogen-bond donors (Lipinski definition) is 1. The molecular weight excluding hydrogens is 389 g/mol. The largest absolute Gasteiger partial charge is 0.341 e. The lowest BCUT2D eigenvalue weighted by molar-refractivity contribution is -0.137. The Morgan fingerprint density at radius 1 is 1.24 bits per heavy atom. The second-order valence-corrected chi connectivity index (χ2v) is 9.20. The molecule has 2 fully saturated rings. The van der Waals surface area contributed by atoms with Gasteiger partial charge in [-0.05, 0) is 43.4 Å². The van der Waals surface area contributed by atoms with Gasteiger partial charge in [0.15, 0.2) is 0 Å². The zero-order valence-electron chi connectivity index (χ0n) is 17.5. The number of unbranched alkanes of at least 4 members (excludes halogenated alkanes) is 1. The maximum atomic E-state index is 13.8. The first-order valence-electron chi connectivity index (χ1n) is 10.7. The Morgan fingerprint density at radius 3 is 2.69 bits per heavy atom. The number of piperidine rings is 1. The fourth-order valence-corrected chi connectivity index (χ4v) is 5.04. The number of urea groups is 1. The van der Waals surface area contributed by atoms with Gasteiger partial charge in [-0.1, -0.05) is 25.5 Å². The summed E-state index contributed by atoms with van der Waals surface area (Å²) in [6.07, 6.45) is 3.40. The number of nitrogens with one attached hydrogen (secondary N) is 1. The van der Waals surface area contributed by atoms with E-state index < -0.39 is 0 Å². The van der Waals surface area contributed by atoms with E-state index in [1.165, 1.54) is 6.07 Å². The quantitative estimate of drug-likeness (QED) is 0.732. The van der Waals surface area contributed by atoms with Crippen LogP contribution >= 0.6 is 11.8 Å². The molecule has 0 aromatic heterocycles. The lowest BCUT2D eigenvalue weighted by Gasteiger charge is -2.41. The number of halogens is 1. The summed E-state index contributed by atoms with van der Waals surface area (Å²) in [6.45, 7) is 6.47. The van der Waals surface area contributed by atoms with Gasteiger partial charge in [0.2, 0.25) is 5.91 Å². The van der Waals surface area contributed by atoms with Crippen LogP contribution in [0.1, 0.15) is 49.8 Å². The van der Waals surface area contributed by atoms with Gasteiger partial charge in [0, 0.05) is 37.7 Å². The second kappa shape index (κ2) is 10.3. The summed E-state index contributed by atoms with van der Waals surface area (Å²) in [4.78, 5) is 29.8. The van der Waals surface area contributed by atoms with E-state index in [1.54, 1.807) is 17.9 Å². The Kier molecular flexibility index (Phi) is 7.81. The number of carbonyl (C=O) groups is 2. The highest BCUT2D eigenvalue weighted by atomic mass is 32.2. The van der Waals surface area contributed by atoms with E-state index in [0.717, 1.165) is 49.4 Å². The van der Waals surface area contributed by atoms with Crippen LogP contribution in [-0.4, -0.2) is 59.4 Å². The Morgan fingerprint density at radius 2 is 2.00 bits per heavy atom. The van der Waals surface area contributed by atoms with Crippen molar-refractivity contribution in [3.63, 3.8) is 0 Å². The van der Waals surface area contributed by atoms with Crippen molar-refractivity contribution in [2.75, 3.05) is 37.7 Å². The molecule has 3 amide bonds. The lowest BCUT2D eigenvalue weighted by atomic mass is 9.87. The molecule has 29 heavy (non-hydrogen) atoms. The standard InChI is InChI=1S/C22H32FN3O2S/c1-3-4-9-24-22(28)26-15-18(21(27)25-10-12-29-13-11-25)6-8-20(26)17-5-7-19(23)16(2)14-17/h5,7,14,18,20H,3-4,6,8-13,15H2,1-2H3,(H,24,28)/t18-,20-/m1/s1. The predicted molar refractivity (Wildman–Crippen MR) is 116 cm³/mol. The molecule has 2 atom stereocenters. The lowest BCUT2D eigenvalue weighted by Crippen LogP contribution is -2.52. The third kappa shape index (κ3) is 5.44. The number of aryl methyl sites for hydroxylation is 1. The normalized spacial score (nSPS) is 22.4. The molecule has 2 aliphatic heterocycles. The van der Waals surface area contributed by atoms with Gasteiger partial charge >= 0.3 is 6.03 Å². The van der Waals surface area contributed by atoms with Gasteiger partial charge in [-0.2, -0.15) is 11.8 Å². The molecule has 2 saturated heterocycles. The third-order valence-electron chi connectivity index (χ3n) is 5.89. The maximum Gasteiger partial charge on any atom is 0.317 e. The van der Waals surface area contributed by atoms with Crippen molar-refractivity contribution in [3.05, 3.63) is 35.1 Å². The molecule has 7 heteroatoms. The molecule has 1 aromatic carbocycles. The molecule has 160 valence electrons. The molecule has 1 N–H and O–H groups in total. The molecule has 0 aliphatic carbocycles. The molecule has 0 bridgehead atoms. The van der Waals surface area contributed by atoms with Gasteiger partial charge in [0.05, 0.1) is 12.0 Å². The van der Waals surface area contributed by atoms with E-state index in [1.807, 2.05) is 22.7 Å². The van der Waals surface area contributed by atoms with Crippen LogP contribution < -0.4 is 5.32 Å². The molecule has 2 aliphatic rings. The Hall–Kier alpha value is -1.76. The van der Waals surface area contributed by atoms with E-state index in [4.69, 9.17) is 0 Å². The van der Waals surface area contributed by atoms with Crippen molar-refractivity contribution in [3.8, 4) is 0 Å². The minimum atomic E-state index is -0.237. The van der Waals surface area contributed by atoms with Crippen LogP contribution in [0.15, 0.2) is 18.2 Å². The van der Waals surface area contributed by atoms with E-state index in [2.05, 4.69) is 12.2 Å². The maximum absolute atomic E-state index is 13.8. The molecule has 1 aromatic rings. The van der Waals surface area contributed by atoms with E-state index in [9.17, 15) is 14.0 Å². The number of carbonyl (C=O) groups excluding carboxylic acids is 2. The second-order valence-electron chi connectivity index (χ2n) is 7.97. The van der Waals surface area contributed by atoms with Crippen molar-refractivity contribution in [1.29, 1.82) is 0 Å². The van der Waals surface area contributed by atoms with Crippen LogP contribution in [0.25, 0.3) is 0 Å². The molecule has 2 heterocycles. The van der Waals surface area contributed by atoms with Crippen molar-refractivity contribution in [2.24, 2.45) is 5.92 Å². The predicted octanol–water partition coefficient (Wildman–Crippen LogP) is 3.97. The molecule has 0 unspecified atom stereocenters. The fourth-order valence-electron chi connectivity index (χ4n) is 4.13. The van der Waals surface area contributed by atoms with Gasteiger partial charge in [0.1, 0.15) is 5.82 Å². The van der Waals surface area contributed by atoms with Crippen LogP contribution in [0, 0.1) is 18.7 Å². The van der Waals surface area contributed by atoms with Crippen LogP contribution in [-0.2, 0) is 4.79 Å². The van der Waals surface area contributed by atoms with Crippen molar-refractivity contribution >= 4 is 23.7 Å². The summed E-state index contributed by atoms with van der Waals surface area (Å²) < 4.78 is 13.8. The number of likely N-dealkylation sites (tertiary alicyclic amines) is 1.